The first-order valence-electron chi connectivity index (χ1n) is 10.8. The third-order valence-corrected chi connectivity index (χ3v) is 6.06. The first kappa shape index (κ1) is 23.2. The van der Waals surface area contributed by atoms with E-state index >= 15 is 0 Å². The van der Waals surface area contributed by atoms with Crippen molar-refractivity contribution in [3.63, 3.8) is 0 Å². The van der Waals surface area contributed by atoms with E-state index in [9.17, 15) is 19.1 Å². The van der Waals surface area contributed by atoms with Gasteiger partial charge in [-0.15, -0.1) is 0 Å². The molecule has 1 amide bonds. The molecule has 174 valence electrons. The molecule has 1 unspecified atom stereocenters. The van der Waals surface area contributed by atoms with E-state index in [1.165, 1.54) is 18.3 Å². The molecule has 1 atom stereocenters. The van der Waals surface area contributed by atoms with E-state index in [2.05, 4.69) is 15.2 Å². The number of hydrogen-bond donors (Lipinski definition) is 3. The quantitative estimate of drug-likeness (QED) is 0.490. The number of amides is 1. The van der Waals surface area contributed by atoms with Gasteiger partial charge in [0.25, 0.3) is 11.5 Å². The standard InChI is InChI=1S/C24H25ClFN3O4/c25-21-6-5-17(11-22(21)26)33-16-7-9-29(10-8-16)14-15(30)12-27-24(32)20-13-28-23(31)19-4-2-1-3-18(19)20/h1-6,11,13,15-16,30H,7-10,12,14H2,(H,27,32)(H,28,31). The number of H-pyrrole nitrogens is 1. The summed E-state index contributed by atoms with van der Waals surface area (Å²) >= 11 is 5.70. The summed E-state index contributed by atoms with van der Waals surface area (Å²) in [6.45, 7) is 1.94. The summed E-state index contributed by atoms with van der Waals surface area (Å²) in [6, 6.07) is 11.3. The normalized spacial score (nSPS) is 16.0. The summed E-state index contributed by atoms with van der Waals surface area (Å²) < 4.78 is 19.4. The number of nitrogens with one attached hydrogen (secondary N) is 2. The van der Waals surface area contributed by atoms with Crippen LogP contribution < -0.4 is 15.6 Å². The van der Waals surface area contributed by atoms with Gasteiger partial charge in [-0.2, -0.15) is 0 Å². The molecule has 33 heavy (non-hydrogen) atoms. The highest BCUT2D eigenvalue weighted by Gasteiger charge is 2.23. The topological polar surface area (TPSA) is 94.7 Å². The SMILES string of the molecule is O=C(NCC(O)CN1CCC(Oc2ccc(Cl)c(F)c2)CC1)c1c[nH]c(=O)c2ccccc12. The number of benzene rings is 2. The summed E-state index contributed by atoms with van der Waals surface area (Å²) in [5, 5.41) is 14.2. The lowest BCUT2D eigenvalue weighted by Crippen LogP contribution is -2.45. The Balaban J connectivity index is 1.24. The summed E-state index contributed by atoms with van der Waals surface area (Å²) in [5.41, 5.74) is 0.102. The van der Waals surface area contributed by atoms with Crippen molar-refractivity contribution in [3.05, 3.63) is 75.4 Å². The minimum Gasteiger partial charge on any atom is -0.490 e. The van der Waals surface area contributed by atoms with Crippen molar-refractivity contribution in [2.45, 2.75) is 25.0 Å². The van der Waals surface area contributed by atoms with Crippen molar-refractivity contribution < 1.29 is 19.0 Å². The maximum Gasteiger partial charge on any atom is 0.255 e. The molecule has 4 rings (SSSR count). The number of aliphatic hydroxyl groups is 1. The number of aromatic amines is 1. The largest absolute Gasteiger partial charge is 0.490 e. The van der Waals surface area contributed by atoms with E-state index in [1.54, 1.807) is 30.3 Å². The molecule has 0 saturated carbocycles. The molecular formula is C24H25ClFN3O4. The highest BCUT2D eigenvalue weighted by Crippen LogP contribution is 2.24. The molecule has 2 heterocycles. The number of rotatable bonds is 7. The van der Waals surface area contributed by atoms with E-state index in [0.29, 0.717) is 28.6 Å². The minimum atomic E-state index is -0.745. The zero-order valence-electron chi connectivity index (χ0n) is 17.9. The molecule has 1 aliphatic heterocycles. The zero-order chi connectivity index (χ0) is 23.4. The third-order valence-electron chi connectivity index (χ3n) is 5.75. The van der Waals surface area contributed by atoms with Gasteiger partial charge in [-0.3, -0.25) is 9.59 Å². The Hall–Kier alpha value is -2.94. The average Bonchev–Trinajstić information content (AvgIpc) is 2.82. The maximum absolute atomic E-state index is 13.6. The second kappa shape index (κ2) is 10.3. The van der Waals surface area contributed by atoms with Gasteiger partial charge in [-0.05, 0) is 31.0 Å². The molecule has 2 aromatic carbocycles. The second-order valence-corrected chi connectivity index (χ2v) is 8.54. The van der Waals surface area contributed by atoms with Crippen LogP contribution in [0.4, 0.5) is 4.39 Å². The van der Waals surface area contributed by atoms with Gasteiger partial charge in [-0.25, -0.2) is 4.39 Å². The Labute approximate surface area is 195 Å². The van der Waals surface area contributed by atoms with Gasteiger partial charge < -0.3 is 25.0 Å². The number of pyridine rings is 1. The van der Waals surface area contributed by atoms with Gasteiger partial charge in [0.05, 0.1) is 16.7 Å². The number of hydrogen-bond acceptors (Lipinski definition) is 5. The number of carbonyl (C=O) groups is 1. The second-order valence-electron chi connectivity index (χ2n) is 8.13. The molecule has 1 aromatic heterocycles. The number of aromatic nitrogens is 1. The maximum atomic E-state index is 13.6. The molecule has 9 heteroatoms. The number of aliphatic hydroxyl groups excluding tert-OH is 1. The molecular weight excluding hydrogens is 449 g/mol. The molecule has 3 aromatic rings. The molecule has 0 bridgehead atoms. The fourth-order valence-corrected chi connectivity index (χ4v) is 4.14. The molecule has 1 fully saturated rings. The van der Waals surface area contributed by atoms with Gasteiger partial charge in [0.2, 0.25) is 0 Å². The fourth-order valence-electron chi connectivity index (χ4n) is 4.02. The first-order chi connectivity index (χ1) is 15.9. The number of β-amino-alcohol motifs (C(OH)–C–C–N with tert-alkyl or cyclic N) is 1. The van der Waals surface area contributed by atoms with Crippen LogP contribution in [0.5, 0.6) is 5.75 Å². The number of halogens is 2. The summed E-state index contributed by atoms with van der Waals surface area (Å²) in [5.74, 6) is -0.414. The van der Waals surface area contributed by atoms with Gasteiger partial charge in [0, 0.05) is 49.2 Å². The van der Waals surface area contributed by atoms with Crippen molar-refractivity contribution in [1.82, 2.24) is 15.2 Å². The van der Waals surface area contributed by atoms with Gasteiger partial charge in [0.1, 0.15) is 17.7 Å². The number of carbonyl (C=O) groups excluding carboxylic acids is 1. The van der Waals surface area contributed by atoms with Crippen LogP contribution in [0, 0.1) is 5.82 Å². The Morgan fingerprint density at radius 1 is 1.24 bits per heavy atom. The van der Waals surface area contributed by atoms with Crippen molar-refractivity contribution in [2.24, 2.45) is 0 Å². The lowest BCUT2D eigenvalue weighted by atomic mass is 10.1. The number of piperidine rings is 1. The van der Waals surface area contributed by atoms with Crippen LogP contribution in [0.1, 0.15) is 23.2 Å². The third kappa shape index (κ3) is 5.71. The molecule has 3 N–H and O–H groups in total. The van der Waals surface area contributed by atoms with E-state index in [4.69, 9.17) is 16.3 Å². The lowest BCUT2D eigenvalue weighted by Gasteiger charge is -2.33. The van der Waals surface area contributed by atoms with Crippen LogP contribution in [-0.2, 0) is 0 Å². The van der Waals surface area contributed by atoms with Crippen LogP contribution in [0.15, 0.2) is 53.5 Å². The Morgan fingerprint density at radius 2 is 1.97 bits per heavy atom. The van der Waals surface area contributed by atoms with Crippen molar-refractivity contribution >= 4 is 28.3 Å². The van der Waals surface area contributed by atoms with E-state index in [1.807, 2.05) is 0 Å². The van der Waals surface area contributed by atoms with E-state index in [0.717, 1.165) is 25.9 Å². The molecule has 0 spiro atoms. The molecule has 1 aliphatic rings. The van der Waals surface area contributed by atoms with Crippen LogP contribution >= 0.6 is 11.6 Å². The van der Waals surface area contributed by atoms with Crippen LogP contribution in [-0.4, -0.2) is 59.3 Å². The number of ether oxygens (including phenoxy) is 1. The van der Waals surface area contributed by atoms with Gasteiger partial charge >= 0.3 is 0 Å². The highest BCUT2D eigenvalue weighted by molar-refractivity contribution is 6.30. The van der Waals surface area contributed by atoms with Gasteiger partial charge in [-0.1, -0.05) is 29.8 Å². The van der Waals surface area contributed by atoms with Gasteiger partial charge in [0.15, 0.2) is 0 Å². The monoisotopic (exact) mass is 473 g/mol. The highest BCUT2D eigenvalue weighted by atomic mass is 35.5. The van der Waals surface area contributed by atoms with Crippen molar-refractivity contribution in [2.75, 3.05) is 26.2 Å². The van der Waals surface area contributed by atoms with E-state index in [-0.39, 0.29) is 29.1 Å². The number of likely N-dealkylation sites (tertiary alicyclic amines) is 1. The molecule has 7 nitrogen and oxygen atoms in total. The molecule has 1 saturated heterocycles. The summed E-state index contributed by atoms with van der Waals surface area (Å²) in [4.78, 5) is 29.2. The smallest absolute Gasteiger partial charge is 0.255 e. The predicted molar refractivity (Wildman–Crippen MR) is 124 cm³/mol. The van der Waals surface area contributed by atoms with E-state index < -0.39 is 11.9 Å². The fraction of sp³-hybridized carbons (Fsp3) is 0.333. The van der Waals surface area contributed by atoms with Crippen LogP contribution in [0.25, 0.3) is 10.8 Å². The lowest BCUT2D eigenvalue weighted by molar-refractivity contribution is 0.0593. The average molecular weight is 474 g/mol. The predicted octanol–water partition coefficient (Wildman–Crippen LogP) is 2.95. The Kier molecular flexibility index (Phi) is 7.27. The van der Waals surface area contributed by atoms with Crippen molar-refractivity contribution in [3.8, 4) is 5.75 Å². The minimum absolute atomic E-state index is 0.0350. The zero-order valence-corrected chi connectivity index (χ0v) is 18.6. The number of fused-ring (bicyclic) bond motifs is 1. The first-order valence-corrected chi connectivity index (χ1v) is 11.2. The Morgan fingerprint density at radius 3 is 2.70 bits per heavy atom. The van der Waals surface area contributed by atoms with Crippen molar-refractivity contribution in [1.29, 1.82) is 0 Å². The van der Waals surface area contributed by atoms with Crippen LogP contribution in [0.3, 0.4) is 0 Å². The number of nitrogens with zero attached hydrogens (tertiary/aromatic N) is 1. The molecule has 0 radical (unpaired) electrons. The summed E-state index contributed by atoms with van der Waals surface area (Å²) in [6.07, 6.45) is 2.10. The Bertz CT molecular complexity index is 1190. The summed E-state index contributed by atoms with van der Waals surface area (Å²) in [7, 11) is 0. The molecule has 0 aliphatic carbocycles. The van der Waals surface area contributed by atoms with Crippen LogP contribution in [0.2, 0.25) is 5.02 Å².